The van der Waals surface area contributed by atoms with Gasteiger partial charge in [0.2, 0.25) is 0 Å². The predicted octanol–water partition coefficient (Wildman–Crippen LogP) is 0.691. The summed E-state index contributed by atoms with van der Waals surface area (Å²) >= 11 is 6.03. The summed E-state index contributed by atoms with van der Waals surface area (Å²) in [5.41, 5.74) is 0.194. The summed E-state index contributed by atoms with van der Waals surface area (Å²) in [7, 11) is 0. The smallest absolute Gasteiger partial charge is 0.287 e. The van der Waals surface area contributed by atoms with Crippen LogP contribution < -0.4 is 16.2 Å². The van der Waals surface area contributed by atoms with Gasteiger partial charge in [0, 0.05) is 6.54 Å². The van der Waals surface area contributed by atoms with Gasteiger partial charge in [-0.2, -0.15) is 5.10 Å². The van der Waals surface area contributed by atoms with Crippen LogP contribution in [-0.2, 0) is 6.54 Å². The number of hydrogen-bond acceptors (Lipinski definition) is 5. The number of hydrogen-bond donors (Lipinski definition) is 3. The highest BCUT2D eigenvalue weighted by atomic mass is 35.5. The van der Waals surface area contributed by atoms with Crippen molar-refractivity contribution in [3.63, 3.8) is 0 Å². The molecule has 1 aliphatic heterocycles. The Kier molecular flexibility index (Phi) is 5.82. The quantitative estimate of drug-likeness (QED) is 0.720. The molecule has 0 spiro atoms. The van der Waals surface area contributed by atoms with Crippen LogP contribution in [0.25, 0.3) is 0 Å². The molecule has 1 aromatic rings. The number of rotatable bonds is 6. The third kappa shape index (κ3) is 3.94. The van der Waals surface area contributed by atoms with Crippen molar-refractivity contribution in [2.45, 2.75) is 25.8 Å². The summed E-state index contributed by atoms with van der Waals surface area (Å²) in [6.45, 7) is 2.98. The molecule has 112 valence electrons. The number of nitrogens with zero attached hydrogens (tertiary/aromatic N) is 2. The van der Waals surface area contributed by atoms with E-state index in [2.05, 4.69) is 15.7 Å². The number of nitrogens with one attached hydrogen (secondary N) is 2. The van der Waals surface area contributed by atoms with Crippen molar-refractivity contribution in [2.75, 3.05) is 31.6 Å². The number of anilines is 1. The van der Waals surface area contributed by atoms with Gasteiger partial charge in [0.1, 0.15) is 5.02 Å². The summed E-state index contributed by atoms with van der Waals surface area (Å²) in [6.07, 6.45) is 5.06. The molecule has 0 aliphatic carbocycles. The molecule has 1 aromatic heterocycles. The molecule has 0 amide bonds. The summed E-state index contributed by atoms with van der Waals surface area (Å²) in [4.78, 5) is 11.9. The first kappa shape index (κ1) is 15.3. The highest BCUT2D eigenvalue weighted by Gasteiger charge is 2.13. The Morgan fingerprint density at radius 1 is 1.60 bits per heavy atom. The van der Waals surface area contributed by atoms with Crippen LogP contribution >= 0.6 is 11.6 Å². The van der Waals surface area contributed by atoms with E-state index < -0.39 is 0 Å². The van der Waals surface area contributed by atoms with Gasteiger partial charge in [0.15, 0.2) is 0 Å². The molecule has 0 aromatic carbocycles. The molecule has 20 heavy (non-hydrogen) atoms. The maximum Gasteiger partial charge on any atom is 0.287 e. The third-order valence-electron chi connectivity index (χ3n) is 3.56. The van der Waals surface area contributed by atoms with Crippen molar-refractivity contribution in [1.82, 2.24) is 15.1 Å². The minimum atomic E-state index is -0.370. The average molecular weight is 301 g/mol. The molecule has 3 N–H and O–H groups in total. The summed E-state index contributed by atoms with van der Waals surface area (Å²) in [5.74, 6) is 0.678. The van der Waals surface area contributed by atoms with E-state index in [4.69, 9.17) is 16.7 Å². The Balaban J connectivity index is 1.89. The maximum atomic E-state index is 11.9. The van der Waals surface area contributed by atoms with Gasteiger partial charge in [-0.25, -0.2) is 4.68 Å². The van der Waals surface area contributed by atoms with E-state index in [1.54, 1.807) is 6.20 Å². The van der Waals surface area contributed by atoms with Crippen LogP contribution in [-0.4, -0.2) is 41.1 Å². The molecular formula is C13H21ClN4O2. The van der Waals surface area contributed by atoms with Crippen LogP contribution in [0, 0.1) is 5.92 Å². The average Bonchev–Trinajstić information content (AvgIpc) is 2.48. The van der Waals surface area contributed by atoms with Crippen LogP contribution in [0.2, 0.25) is 5.02 Å². The molecule has 7 heteroatoms. The third-order valence-corrected chi connectivity index (χ3v) is 3.93. The second-order valence-corrected chi connectivity index (χ2v) is 5.43. The van der Waals surface area contributed by atoms with Gasteiger partial charge in [-0.15, -0.1) is 0 Å². The van der Waals surface area contributed by atoms with E-state index in [1.165, 1.54) is 17.5 Å². The van der Waals surface area contributed by atoms with Crippen LogP contribution in [0.3, 0.4) is 0 Å². The van der Waals surface area contributed by atoms with Crippen molar-refractivity contribution in [3.05, 3.63) is 21.6 Å². The summed E-state index contributed by atoms with van der Waals surface area (Å²) in [5, 5.41) is 19.5. The van der Waals surface area contributed by atoms with Crippen molar-refractivity contribution in [1.29, 1.82) is 0 Å². The lowest BCUT2D eigenvalue weighted by Gasteiger charge is -2.22. The van der Waals surface area contributed by atoms with Crippen molar-refractivity contribution < 1.29 is 5.11 Å². The Morgan fingerprint density at radius 2 is 2.45 bits per heavy atom. The zero-order valence-electron chi connectivity index (χ0n) is 11.4. The van der Waals surface area contributed by atoms with E-state index in [0.717, 1.165) is 26.1 Å². The molecular weight excluding hydrogens is 280 g/mol. The Morgan fingerprint density at radius 3 is 3.15 bits per heavy atom. The maximum absolute atomic E-state index is 11.9. The van der Waals surface area contributed by atoms with Crippen LogP contribution in [0.4, 0.5) is 5.69 Å². The molecule has 2 heterocycles. The fourth-order valence-corrected chi connectivity index (χ4v) is 2.64. The Bertz CT molecular complexity index is 486. The summed E-state index contributed by atoms with van der Waals surface area (Å²) in [6, 6.07) is 0. The minimum absolute atomic E-state index is 0.134. The predicted molar refractivity (Wildman–Crippen MR) is 79.3 cm³/mol. The first-order valence-corrected chi connectivity index (χ1v) is 7.41. The molecule has 1 atom stereocenters. The Labute approximate surface area is 123 Å². The van der Waals surface area contributed by atoms with Crippen LogP contribution in [0.1, 0.15) is 19.3 Å². The van der Waals surface area contributed by atoms with Gasteiger partial charge < -0.3 is 15.7 Å². The van der Waals surface area contributed by atoms with Crippen LogP contribution in [0.15, 0.2) is 11.0 Å². The molecule has 0 radical (unpaired) electrons. The minimum Gasteiger partial charge on any atom is -0.394 e. The topological polar surface area (TPSA) is 79.2 Å². The monoisotopic (exact) mass is 300 g/mol. The fourth-order valence-electron chi connectivity index (χ4n) is 2.42. The number of piperidine rings is 1. The highest BCUT2D eigenvalue weighted by Crippen LogP contribution is 2.17. The molecule has 1 unspecified atom stereocenters. The van der Waals surface area contributed by atoms with Gasteiger partial charge in [0.05, 0.1) is 25.0 Å². The van der Waals surface area contributed by atoms with Gasteiger partial charge in [-0.05, 0) is 38.3 Å². The van der Waals surface area contributed by atoms with Crippen molar-refractivity contribution >= 4 is 17.3 Å². The van der Waals surface area contributed by atoms with Gasteiger partial charge in [-0.1, -0.05) is 11.6 Å². The molecule has 0 saturated carbocycles. The van der Waals surface area contributed by atoms with Crippen molar-refractivity contribution in [2.24, 2.45) is 5.92 Å². The van der Waals surface area contributed by atoms with Gasteiger partial charge in [0.25, 0.3) is 5.56 Å². The molecule has 2 rings (SSSR count). The van der Waals surface area contributed by atoms with Gasteiger partial charge >= 0.3 is 0 Å². The molecule has 1 saturated heterocycles. The summed E-state index contributed by atoms with van der Waals surface area (Å²) < 4.78 is 1.17. The second kappa shape index (κ2) is 7.61. The molecule has 0 bridgehead atoms. The lowest BCUT2D eigenvalue weighted by atomic mass is 9.96. The zero-order valence-corrected chi connectivity index (χ0v) is 12.2. The van der Waals surface area contributed by atoms with E-state index in [9.17, 15) is 4.79 Å². The van der Waals surface area contributed by atoms with E-state index in [1.807, 2.05) is 0 Å². The highest BCUT2D eigenvalue weighted by molar-refractivity contribution is 6.32. The number of aliphatic hydroxyl groups excluding tert-OH is 1. The standard InChI is InChI=1S/C13H21ClN4O2/c14-12-11(9-17-18(6-7-19)13(12)20)16-5-3-10-2-1-4-15-8-10/h9-10,15-16,19H,1-8H2. The number of aliphatic hydroxyl groups is 1. The number of aromatic nitrogens is 2. The number of halogens is 1. The van der Waals surface area contributed by atoms with Gasteiger partial charge in [-0.3, -0.25) is 4.79 Å². The zero-order chi connectivity index (χ0) is 14.4. The van der Waals surface area contributed by atoms with E-state index in [-0.39, 0.29) is 23.7 Å². The lowest BCUT2D eigenvalue weighted by molar-refractivity contribution is 0.266. The Hall–Kier alpha value is -1.11. The molecule has 1 fully saturated rings. The second-order valence-electron chi connectivity index (χ2n) is 5.05. The fraction of sp³-hybridized carbons (Fsp3) is 0.692. The lowest BCUT2D eigenvalue weighted by Crippen LogP contribution is -2.31. The molecule has 6 nitrogen and oxygen atoms in total. The normalized spacial score (nSPS) is 19.0. The van der Waals surface area contributed by atoms with E-state index >= 15 is 0 Å². The largest absolute Gasteiger partial charge is 0.394 e. The first-order valence-electron chi connectivity index (χ1n) is 7.03. The SMILES string of the molecule is O=c1c(Cl)c(NCCC2CCCNC2)cnn1CCO. The molecule has 1 aliphatic rings. The van der Waals surface area contributed by atoms with E-state index in [0.29, 0.717) is 11.6 Å². The first-order chi connectivity index (χ1) is 9.72. The van der Waals surface area contributed by atoms with Crippen molar-refractivity contribution in [3.8, 4) is 0 Å². The van der Waals surface area contributed by atoms with Crippen LogP contribution in [0.5, 0.6) is 0 Å².